The third-order valence-electron chi connectivity index (χ3n) is 3.20. The Kier molecular flexibility index (Phi) is 2.89. The third kappa shape index (κ3) is 2.31. The lowest BCUT2D eigenvalue weighted by Gasteiger charge is -2.18. The fourth-order valence-corrected chi connectivity index (χ4v) is 1.89. The van der Waals surface area contributed by atoms with Gasteiger partial charge >= 0.3 is 0 Å². The Balaban J connectivity index is 2.34. The van der Waals surface area contributed by atoms with Crippen LogP contribution in [0.15, 0.2) is 22.6 Å². The number of aryl methyl sites for hydroxylation is 1. The highest BCUT2D eigenvalue weighted by Crippen LogP contribution is 2.27. The van der Waals surface area contributed by atoms with Crippen LogP contribution < -0.4 is 0 Å². The Morgan fingerprint density at radius 1 is 1.47 bits per heavy atom. The first-order valence-electron chi connectivity index (χ1n) is 5.83. The second-order valence-corrected chi connectivity index (χ2v) is 4.74. The Morgan fingerprint density at radius 2 is 2.24 bits per heavy atom. The molecule has 1 heterocycles. The van der Waals surface area contributed by atoms with Crippen LogP contribution in [0.3, 0.4) is 0 Å². The summed E-state index contributed by atoms with van der Waals surface area (Å²) in [6, 6.07) is 8.35. The van der Waals surface area contributed by atoms with Crippen LogP contribution in [0.1, 0.15) is 31.7 Å². The van der Waals surface area contributed by atoms with E-state index in [4.69, 9.17) is 4.42 Å². The molecule has 0 saturated carbocycles. The molecule has 0 bridgehead atoms. The molecule has 1 atom stereocenters. The zero-order chi connectivity index (χ0) is 12.5. The van der Waals surface area contributed by atoms with Gasteiger partial charge in [-0.15, -0.1) is 0 Å². The monoisotopic (exact) mass is 228 g/mol. The average Bonchev–Trinajstić information content (AvgIpc) is 2.68. The van der Waals surface area contributed by atoms with Crippen LogP contribution in [0.2, 0.25) is 0 Å². The van der Waals surface area contributed by atoms with Crippen molar-refractivity contribution in [3.63, 3.8) is 0 Å². The summed E-state index contributed by atoms with van der Waals surface area (Å²) in [5.41, 5.74) is 2.50. The number of hydrogen-bond donors (Lipinski definition) is 0. The summed E-state index contributed by atoms with van der Waals surface area (Å²) in [4.78, 5) is 4.26. The molecule has 1 unspecified atom stereocenters. The smallest absolute Gasteiger partial charge is 0.192 e. The maximum absolute atomic E-state index is 9.18. The molecule has 0 N–H and O–H groups in total. The van der Waals surface area contributed by atoms with Gasteiger partial charge in [-0.2, -0.15) is 5.26 Å². The zero-order valence-corrected chi connectivity index (χ0v) is 10.4. The number of nitrogens with zero attached hydrogens (tertiary/aromatic N) is 2. The summed E-state index contributed by atoms with van der Waals surface area (Å²) >= 11 is 0. The minimum Gasteiger partial charge on any atom is -0.441 e. The molecule has 2 aromatic rings. The maximum atomic E-state index is 9.18. The number of fused-ring (bicyclic) bond motifs is 1. The van der Waals surface area contributed by atoms with E-state index in [1.807, 2.05) is 39.0 Å². The first kappa shape index (κ1) is 11.7. The van der Waals surface area contributed by atoms with Gasteiger partial charge in [0, 0.05) is 6.92 Å². The van der Waals surface area contributed by atoms with Gasteiger partial charge in [-0.1, -0.05) is 13.0 Å². The number of benzene rings is 1. The van der Waals surface area contributed by atoms with Gasteiger partial charge in [0.25, 0.3) is 0 Å². The lowest BCUT2D eigenvalue weighted by Crippen LogP contribution is -2.15. The van der Waals surface area contributed by atoms with Crippen molar-refractivity contribution in [1.82, 2.24) is 4.98 Å². The summed E-state index contributed by atoms with van der Waals surface area (Å²) in [6.07, 6.45) is 1.59. The predicted molar refractivity (Wildman–Crippen MR) is 66.5 cm³/mol. The molecule has 0 spiro atoms. The van der Waals surface area contributed by atoms with Crippen molar-refractivity contribution in [1.29, 1.82) is 5.26 Å². The van der Waals surface area contributed by atoms with Gasteiger partial charge in [0.2, 0.25) is 0 Å². The molecule has 88 valence electrons. The maximum Gasteiger partial charge on any atom is 0.192 e. The first-order valence-corrected chi connectivity index (χ1v) is 5.83. The van der Waals surface area contributed by atoms with Crippen molar-refractivity contribution in [2.24, 2.45) is 5.41 Å². The van der Waals surface area contributed by atoms with E-state index < -0.39 is 0 Å². The molecule has 1 aromatic carbocycles. The molecule has 0 aliphatic heterocycles. The van der Waals surface area contributed by atoms with Gasteiger partial charge in [-0.3, -0.25) is 0 Å². The molecule has 17 heavy (non-hydrogen) atoms. The van der Waals surface area contributed by atoms with Crippen LogP contribution in [0.25, 0.3) is 11.1 Å². The molecule has 2 rings (SSSR count). The average molecular weight is 228 g/mol. The Morgan fingerprint density at radius 3 is 2.88 bits per heavy atom. The van der Waals surface area contributed by atoms with E-state index in [0.29, 0.717) is 5.89 Å². The summed E-state index contributed by atoms with van der Waals surface area (Å²) in [5, 5.41) is 9.18. The second kappa shape index (κ2) is 4.21. The van der Waals surface area contributed by atoms with E-state index >= 15 is 0 Å². The third-order valence-corrected chi connectivity index (χ3v) is 3.20. The Bertz CT molecular complexity index is 579. The van der Waals surface area contributed by atoms with E-state index in [-0.39, 0.29) is 5.41 Å². The van der Waals surface area contributed by atoms with E-state index in [2.05, 4.69) is 11.1 Å². The number of oxazole rings is 1. The van der Waals surface area contributed by atoms with Crippen molar-refractivity contribution in [2.45, 2.75) is 33.6 Å². The normalized spacial score (nSPS) is 14.5. The highest BCUT2D eigenvalue weighted by molar-refractivity contribution is 5.73. The molecule has 3 heteroatoms. The van der Waals surface area contributed by atoms with Crippen LogP contribution >= 0.6 is 0 Å². The predicted octanol–water partition coefficient (Wildman–Crippen LogP) is 3.62. The minimum atomic E-state index is -0.303. The molecular formula is C14H16N2O. The summed E-state index contributed by atoms with van der Waals surface area (Å²) in [6.45, 7) is 5.87. The van der Waals surface area contributed by atoms with Crippen molar-refractivity contribution in [3.8, 4) is 6.07 Å². The SMILES string of the molecule is CCC(C)(C#N)Cc1ccc2nc(C)oc2c1. The molecule has 0 amide bonds. The van der Waals surface area contributed by atoms with Gasteiger partial charge in [0.1, 0.15) is 5.52 Å². The fourth-order valence-electron chi connectivity index (χ4n) is 1.89. The molecule has 0 saturated heterocycles. The lowest BCUT2D eigenvalue weighted by molar-refractivity contribution is 0.422. The molecule has 1 aromatic heterocycles. The van der Waals surface area contributed by atoms with E-state index in [9.17, 15) is 5.26 Å². The van der Waals surface area contributed by atoms with Gasteiger partial charge in [-0.05, 0) is 37.5 Å². The number of nitriles is 1. The van der Waals surface area contributed by atoms with Gasteiger partial charge in [0.15, 0.2) is 11.5 Å². The van der Waals surface area contributed by atoms with Crippen molar-refractivity contribution in [2.75, 3.05) is 0 Å². The van der Waals surface area contributed by atoms with Crippen molar-refractivity contribution < 1.29 is 4.42 Å². The van der Waals surface area contributed by atoms with E-state index in [0.717, 1.165) is 29.5 Å². The Labute approximate surface area is 101 Å². The summed E-state index contributed by atoms with van der Waals surface area (Å²) in [5.74, 6) is 0.677. The van der Waals surface area contributed by atoms with Gasteiger partial charge < -0.3 is 4.42 Å². The summed E-state index contributed by atoms with van der Waals surface area (Å²) in [7, 11) is 0. The van der Waals surface area contributed by atoms with Crippen molar-refractivity contribution >= 4 is 11.1 Å². The van der Waals surface area contributed by atoms with Crippen molar-refractivity contribution in [3.05, 3.63) is 29.7 Å². The summed E-state index contributed by atoms with van der Waals surface area (Å²) < 4.78 is 5.50. The minimum absolute atomic E-state index is 0.303. The highest BCUT2D eigenvalue weighted by Gasteiger charge is 2.22. The topological polar surface area (TPSA) is 49.8 Å². The zero-order valence-electron chi connectivity index (χ0n) is 10.4. The lowest BCUT2D eigenvalue weighted by atomic mass is 9.83. The van der Waals surface area contributed by atoms with Gasteiger partial charge in [-0.25, -0.2) is 4.98 Å². The second-order valence-electron chi connectivity index (χ2n) is 4.74. The number of rotatable bonds is 3. The standard InChI is InChI=1S/C14H16N2O/c1-4-14(3,9-15)8-11-5-6-12-13(7-11)17-10(2)16-12/h5-7H,4,8H2,1-3H3. The molecule has 0 aliphatic rings. The molecular weight excluding hydrogens is 212 g/mol. The Hall–Kier alpha value is -1.82. The quantitative estimate of drug-likeness (QED) is 0.806. The number of aromatic nitrogens is 1. The van der Waals surface area contributed by atoms with Crippen LogP contribution in [-0.4, -0.2) is 4.98 Å². The molecule has 3 nitrogen and oxygen atoms in total. The largest absolute Gasteiger partial charge is 0.441 e. The van der Waals surface area contributed by atoms with E-state index in [1.54, 1.807) is 0 Å². The van der Waals surface area contributed by atoms with Crippen LogP contribution in [0.5, 0.6) is 0 Å². The molecule has 0 fully saturated rings. The molecule has 0 radical (unpaired) electrons. The fraction of sp³-hybridized carbons (Fsp3) is 0.429. The van der Waals surface area contributed by atoms with Crippen LogP contribution in [-0.2, 0) is 6.42 Å². The molecule has 0 aliphatic carbocycles. The highest BCUT2D eigenvalue weighted by atomic mass is 16.3. The number of hydrogen-bond acceptors (Lipinski definition) is 3. The van der Waals surface area contributed by atoms with Gasteiger partial charge in [0.05, 0.1) is 11.5 Å². The van der Waals surface area contributed by atoms with E-state index in [1.165, 1.54) is 0 Å². The van der Waals surface area contributed by atoms with Crippen LogP contribution in [0.4, 0.5) is 0 Å². The first-order chi connectivity index (χ1) is 8.06. The van der Waals surface area contributed by atoms with Crippen LogP contribution in [0, 0.1) is 23.7 Å².